The molecule has 0 saturated heterocycles. The SMILES string of the molecule is COc1cc2nc(-c3cncc(Br)c3)[nH]c2cc1OC. The van der Waals surface area contributed by atoms with Crippen LogP contribution in [0.2, 0.25) is 0 Å². The van der Waals surface area contributed by atoms with Crippen LogP contribution >= 0.6 is 15.9 Å². The van der Waals surface area contributed by atoms with Gasteiger partial charge in [-0.25, -0.2) is 4.98 Å². The number of methoxy groups -OCH3 is 2. The summed E-state index contributed by atoms with van der Waals surface area (Å²) < 4.78 is 11.5. The average molecular weight is 334 g/mol. The van der Waals surface area contributed by atoms with Gasteiger partial charge in [0.1, 0.15) is 5.82 Å². The third-order valence-corrected chi connectivity index (χ3v) is 3.40. The van der Waals surface area contributed by atoms with Crippen LogP contribution < -0.4 is 9.47 Å². The maximum atomic E-state index is 5.29. The molecule has 2 heterocycles. The van der Waals surface area contributed by atoms with Gasteiger partial charge in [-0.1, -0.05) is 0 Å². The fourth-order valence-electron chi connectivity index (χ4n) is 2.01. The summed E-state index contributed by atoms with van der Waals surface area (Å²) in [4.78, 5) is 12.0. The number of aromatic amines is 1. The molecule has 0 amide bonds. The van der Waals surface area contributed by atoms with Crippen LogP contribution in [-0.4, -0.2) is 29.2 Å². The molecule has 0 aliphatic heterocycles. The highest BCUT2D eigenvalue weighted by Gasteiger charge is 2.11. The average Bonchev–Trinajstić information content (AvgIpc) is 2.88. The molecule has 102 valence electrons. The first-order chi connectivity index (χ1) is 9.71. The molecule has 3 aromatic rings. The fourth-order valence-corrected chi connectivity index (χ4v) is 2.38. The van der Waals surface area contributed by atoms with Crippen LogP contribution in [0.5, 0.6) is 11.5 Å². The highest BCUT2D eigenvalue weighted by Crippen LogP contribution is 2.32. The molecular weight excluding hydrogens is 322 g/mol. The number of hydrogen-bond donors (Lipinski definition) is 1. The minimum absolute atomic E-state index is 0.658. The molecule has 3 rings (SSSR count). The number of ether oxygens (including phenoxy) is 2. The van der Waals surface area contributed by atoms with E-state index in [1.807, 2.05) is 18.2 Å². The van der Waals surface area contributed by atoms with Gasteiger partial charge in [0, 0.05) is 34.6 Å². The van der Waals surface area contributed by atoms with Crippen LogP contribution in [0.4, 0.5) is 0 Å². The zero-order valence-electron chi connectivity index (χ0n) is 11.0. The summed E-state index contributed by atoms with van der Waals surface area (Å²) in [5.74, 6) is 2.08. The lowest BCUT2D eigenvalue weighted by atomic mass is 10.3. The molecule has 0 aliphatic rings. The van der Waals surface area contributed by atoms with Gasteiger partial charge in [-0.2, -0.15) is 0 Å². The molecule has 2 aromatic heterocycles. The molecule has 0 spiro atoms. The van der Waals surface area contributed by atoms with Gasteiger partial charge in [-0.3, -0.25) is 4.98 Å². The summed E-state index contributed by atoms with van der Waals surface area (Å²) in [6.45, 7) is 0. The van der Waals surface area contributed by atoms with Crippen molar-refractivity contribution in [1.82, 2.24) is 15.0 Å². The molecule has 0 bridgehead atoms. The maximum absolute atomic E-state index is 5.29. The lowest BCUT2D eigenvalue weighted by Crippen LogP contribution is -1.89. The Labute approximate surface area is 124 Å². The largest absolute Gasteiger partial charge is 0.493 e. The number of imidazole rings is 1. The molecule has 6 heteroatoms. The maximum Gasteiger partial charge on any atom is 0.163 e. The van der Waals surface area contributed by atoms with E-state index in [9.17, 15) is 0 Å². The van der Waals surface area contributed by atoms with E-state index in [0.29, 0.717) is 11.5 Å². The summed E-state index contributed by atoms with van der Waals surface area (Å²) in [7, 11) is 3.22. The highest BCUT2D eigenvalue weighted by molar-refractivity contribution is 9.10. The molecule has 0 radical (unpaired) electrons. The van der Waals surface area contributed by atoms with Crippen LogP contribution in [0.1, 0.15) is 0 Å². The second-order valence-electron chi connectivity index (χ2n) is 4.20. The Balaban J connectivity index is 2.15. The van der Waals surface area contributed by atoms with Crippen LogP contribution in [-0.2, 0) is 0 Å². The van der Waals surface area contributed by atoms with E-state index < -0.39 is 0 Å². The van der Waals surface area contributed by atoms with Gasteiger partial charge in [0.25, 0.3) is 0 Å². The lowest BCUT2D eigenvalue weighted by Gasteiger charge is -2.06. The van der Waals surface area contributed by atoms with E-state index in [-0.39, 0.29) is 0 Å². The Bertz CT molecular complexity index is 729. The van der Waals surface area contributed by atoms with Gasteiger partial charge in [0.2, 0.25) is 0 Å². The van der Waals surface area contributed by atoms with Crippen molar-refractivity contribution < 1.29 is 9.47 Å². The van der Waals surface area contributed by atoms with Gasteiger partial charge in [0.15, 0.2) is 11.5 Å². The minimum atomic E-state index is 0.658. The smallest absolute Gasteiger partial charge is 0.163 e. The molecule has 0 fully saturated rings. The molecule has 5 nitrogen and oxygen atoms in total. The number of hydrogen-bond acceptors (Lipinski definition) is 4. The number of fused-ring (bicyclic) bond motifs is 1. The van der Waals surface area contributed by atoms with Crippen molar-refractivity contribution in [2.45, 2.75) is 0 Å². The summed E-state index contributed by atoms with van der Waals surface area (Å²) in [5.41, 5.74) is 2.61. The normalized spacial score (nSPS) is 10.8. The van der Waals surface area contributed by atoms with Crippen LogP contribution in [0.25, 0.3) is 22.4 Å². The Morgan fingerprint density at radius 3 is 2.50 bits per heavy atom. The van der Waals surface area contributed by atoms with Crippen molar-refractivity contribution in [2.24, 2.45) is 0 Å². The van der Waals surface area contributed by atoms with Crippen LogP contribution in [0.3, 0.4) is 0 Å². The van der Waals surface area contributed by atoms with Gasteiger partial charge < -0.3 is 14.5 Å². The molecular formula is C14H12BrN3O2. The predicted molar refractivity (Wildman–Crippen MR) is 80.1 cm³/mol. The lowest BCUT2D eigenvalue weighted by molar-refractivity contribution is 0.356. The van der Waals surface area contributed by atoms with E-state index in [1.165, 1.54) is 0 Å². The molecule has 0 unspecified atom stereocenters. The fraction of sp³-hybridized carbons (Fsp3) is 0.143. The van der Waals surface area contributed by atoms with Gasteiger partial charge in [0.05, 0.1) is 25.3 Å². The third kappa shape index (κ3) is 2.22. The Morgan fingerprint density at radius 2 is 1.80 bits per heavy atom. The van der Waals surface area contributed by atoms with E-state index in [0.717, 1.165) is 26.9 Å². The minimum Gasteiger partial charge on any atom is -0.493 e. The topological polar surface area (TPSA) is 60.0 Å². The van der Waals surface area contributed by atoms with E-state index >= 15 is 0 Å². The van der Waals surface area contributed by atoms with Gasteiger partial charge in [-0.15, -0.1) is 0 Å². The second kappa shape index (κ2) is 5.13. The van der Waals surface area contributed by atoms with E-state index in [1.54, 1.807) is 26.6 Å². The third-order valence-electron chi connectivity index (χ3n) is 2.97. The molecule has 0 saturated carbocycles. The zero-order valence-corrected chi connectivity index (χ0v) is 12.6. The first kappa shape index (κ1) is 12.9. The molecule has 1 aromatic carbocycles. The van der Waals surface area contributed by atoms with Gasteiger partial charge in [-0.05, 0) is 22.0 Å². The monoisotopic (exact) mass is 333 g/mol. The number of halogens is 1. The predicted octanol–water partition coefficient (Wildman–Crippen LogP) is 3.40. The Hall–Kier alpha value is -2.08. The number of nitrogens with zero attached hydrogens (tertiary/aromatic N) is 2. The number of rotatable bonds is 3. The number of H-pyrrole nitrogens is 1. The summed E-state index contributed by atoms with van der Waals surface area (Å²) in [6.07, 6.45) is 3.50. The Morgan fingerprint density at radius 1 is 1.05 bits per heavy atom. The molecule has 20 heavy (non-hydrogen) atoms. The van der Waals surface area contributed by atoms with Crippen LogP contribution in [0.15, 0.2) is 35.1 Å². The van der Waals surface area contributed by atoms with Gasteiger partial charge >= 0.3 is 0 Å². The first-order valence-corrected chi connectivity index (χ1v) is 6.73. The standard InChI is InChI=1S/C14H12BrN3O2/c1-19-12-4-10-11(5-13(12)20-2)18-14(17-10)8-3-9(15)7-16-6-8/h3-7H,1-2H3,(H,17,18). The summed E-state index contributed by atoms with van der Waals surface area (Å²) >= 11 is 3.40. The van der Waals surface area contributed by atoms with Crippen molar-refractivity contribution in [3.05, 3.63) is 35.1 Å². The number of pyridine rings is 1. The molecule has 1 N–H and O–H groups in total. The van der Waals surface area contributed by atoms with Crippen molar-refractivity contribution in [3.63, 3.8) is 0 Å². The van der Waals surface area contributed by atoms with Crippen molar-refractivity contribution in [1.29, 1.82) is 0 Å². The summed E-state index contributed by atoms with van der Waals surface area (Å²) in [5, 5.41) is 0. The number of benzene rings is 1. The summed E-state index contributed by atoms with van der Waals surface area (Å²) in [6, 6.07) is 5.68. The zero-order chi connectivity index (χ0) is 14.1. The number of aromatic nitrogens is 3. The van der Waals surface area contributed by atoms with Crippen molar-refractivity contribution in [3.8, 4) is 22.9 Å². The quantitative estimate of drug-likeness (QED) is 0.797. The first-order valence-electron chi connectivity index (χ1n) is 5.94. The molecule has 0 atom stereocenters. The van der Waals surface area contributed by atoms with Crippen molar-refractivity contribution in [2.75, 3.05) is 14.2 Å². The van der Waals surface area contributed by atoms with Crippen LogP contribution in [0, 0.1) is 0 Å². The number of nitrogens with one attached hydrogen (secondary N) is 1. The second-order valence-corrected chi connectivity index (χ2v) is 5.12. The van der Waals surface area contributed by atoms with E-state index in [4.69, 9.17) is 9.47 Å². The van der Waals surface area contributed by atoms with Crippen molar-refractivity contribution >= 4 is 27.0 Å². The van der Waals surface area contributed by atoms with E-state index in [2.05, 4.69) is 30.9 Å². The Kier molecular flexibility index (Phi) is 3.31. The molecule has 0 aliphatic carbocycles. The highest BCUT2D eigenvalue weighted by atomic mass is 79.9.